The molecule has 0 unspecified atom stereocenters. The molecule has 1 aliphatic rings. The summed E-state index contributed by atoms with van der Waals surface area (Å²) in [6, 6.07) is 6.15. The van der Waals surface area contributed by atoms with Gasteiger partial charge in [0.2, 0.25) is 0 Å². The molecular formula is C12H13BrFNO. The number of ketones is 1. The molecule has 0 aromatic heterocycles. The number of benzene rings is 1. The van der Waals surface area contributed by atoms with E-state index in [4.69, 9.17) is 0 Å². The van der Waals surface area contributed by atoms with Crippen molar-refractivity contribution >= 4 is 21.7 Å². The standard InChI is InChI=1S/C12H13BrFNO/c13-12(5-7-15-8-6-12)11(16)9-3-1-2-4-10(9)14/h1-4,15H,5-8H2. The van der Waals surface area contributed by atoms with Gasteiger partial charge in [-0.15, -0.1) is 0 Å². The lowest BCUT2D eigenvalue weighted by atomic mass is 9.89. The molecule has 1 aliphatic heterocycles. The first-order valence-electron chi connectivity index (χ1n) is 5.32. The first-order chi connectivity index (χ1) is 7.63. The fraction of sp³-hybridized carbons (Fsp3) is 0.417. The third kappa shape index (κ3) is 2.18. The zero-order valence-electron chi connectivity index (χ0n) is 8.80. The van der Waals surface area contributed by atoms with Gasteiger partial charge in [0.25, 0.3) is 0 Å². The summed E-state index contributed by atoms with van der Waals surface area (Å²) in [4.78, 5) is 12.2. The number of rotatable bonds is 2. The summed E-state index contributed by atoms with van der Waals surface area (Å²) < 4.78 is 12.9. The van der Waals surface area contributed by atoms with Crippen molar-refractivity contribution < 1.29 is 9.18 Å². The number of hydrogen-bond donors (Lipinski definition) is 1. The lowest BCUT2D eigenvalue weighted by Gasteiger charge is -2.30. The minimum absolute atomic E-state index is 0.146. The number of hydrogen-bond acceptors (Lipinski definition) is 2. The van der Waals surface area contributed by atoms with E-state index in [1.54, 1.807) is 18.2 Å². The van der Waals surface area contributed by atoms with Gasteiger partial charge in [0.1, 0.15) is 5.82 Å². The predicted octanol–water partition coefficient (Wildman–Crippen LogP) is 2.53. The van der Waals surface area contributed by atoms with E-state index in [1.165, 1.54) is 6.07 Å². The number of carbonyl (C=O) groups is 1. The zero-order valence-corrected chi connectivity index (χ0v) is 10.4. The van der Waals surface area contributed by atoms with E-state index in [0.717, 1.165) is 13.1 Å². The quantitative estimate of drug-likeness (QED) is 0.668. The third-order valence-electron chi connectivity index (χ3n) is 2.92. The van der Waals surface area contributed by atoms with Crippen molar-refractivity contribution in [1.82, 2.24) is 5.32 Å². The number of piperidine rings is 1. The van der Waals surface area contributed by atoms with Gasteiger partial charge in [-0.2, -0.15) is 0 Å². The maximum Gasteiger partial charge on any atom is 0.182 e. The van der Waals surface area contributed by atoms with Crippen LogP contribution >= 0.6 is 15.9 Å². The molecule has 2 rings (SSSR count). The topological polar surface area (TPSA) is 29.1 Å². The first kappa shape index (κ1) is 11.7. The van der Waals surface area contributed by atoms with E-state index in [2.05, 4.69) is 21.2 Å². The summed E-state index contributed by atoms with van der Waals surface area (Å²) in [5.74, 6) is -0.586. The molecule has 4 heteroatoms. The Hall–Kier alpha value is -0.740. The van der Waals surface area contributed by atoms with Gasteiger partial charge in [-0.05, 0) is 38.1 Å². The van der Waals surface area contributed by atoms with Crippen LogP contribution in [0.1, 0.15) is 23.2 Å². The van der Waals surface area contributed by atoms with Crippen LogP contribution in [0.2, 0.25) is 0 Å². The highest BCUT2D eigenvalue weighted by Crippen LogP contribution is 2.33. The van der Waals surface area contributed by atoms with Crippen molar-refractivity contribution in [3.63, 3.8) is 0 Å². The number of carbonyl (C=O) groups excluding carboxylic acids is 1. The molecule has 0 radical (unpaired) electrons. The van der Waals surface area contributed by atoms with Crippen molar-refractivity contribution in [3.05, 3.63) is 35.6 Å². The number of halogens is 2. The van der Waals surface area contributed by atoms with Gasteiger partial charge >= 0.3 is 0 Å². The third-order valence-corrected chi connectivity index (χ3v) is 4.07. The Morgan fingerprint density at radius 2 is 1.94 bits per heavy atom. The Morgan fingerprint density at radius 3 is 2.56 bits per heavy atom. The molecule has 2 nitrogen and oxygen atoms in total. The van der Waals surface area contributed by atoms with Crippen LogP contribution in [0, 0.1) is 5.82 Å². The van der Waals surface area contributed by atoms with Crippen molar-refractivity contribution in [1.29, 1.82) is 0 Å². The van der Waals surface area contributed by atoms with E-state index in [0.29, 0.717) is 12.8 Å². The highest BCUT2D eigenvalue weighted by Gasteiger charge is 2.38. The van der Waals surface area contributed by atoms with E-state index < -0.39 is 10.1 Å². The largest absolute Gasteiger partial charge is 0.317 e. The number of alkyl halides is 1. The molecule has 0 spiro atoms. The van der Waals surface area contributed by atoms with Crippen molar-refractivity contribution in [2.45, 2.75) is 17.2 Å². The molecule has 1 aromatic rings. The molecule has 0 amide bonds. The maximum atomic E-state index is 13.5. The van der Waals surface area contributed by atoms with Crippen LogP contribution in [-0.2, 0) is 0 Å². The molecule has 1 N–H and O–H groups in total. The lowest BCUT2D eigenvalue weighted by molar-refractivity contribution is 0.0923. The van der Waals surface area contributed by atoms with Crippen LogP contribution in [0.3, 0.4) is 0 Å². The Labute approximate surface area is 102 Å². The second kappa shape index (κ2) is 4.63. The average molecular weight is 286 g/mol. The number of nitrogens with one attached hydrogen (secondary N) is 1. The zero-order chi connectivity index (χ0) is 11.6. The van der Waals surface area contributed by atoms with Gasteiger partial charge in [0, 0.05) is 0 Å². The molecule has 1 fully saturated rings. The molecule has 0 atom stereocenters. The van der Waals surface area contributed by atoms with Crippen LogP contribution < -0.4 is 5.32 Å². The van der Waals surface area contributed by atoms with E-state index >= 15 is 0 Å². The smallest absolute Gasteiger partial charge is 0.182 e. The molecule has 0 saturated carbocycles. The summed E-state index contributed by atoms with van der Waals surface area (Å²) in [7, 11) is 0. The molecular weight excluding hydrogens is 273 g/mol. The monoisotopic (exact) mass is 285 g/mol. The normalized spacial score (nSPS) is 19.4. The molecule has 1 saturated heterocycles. The van der Waals surface area contributed by atoms with Crippen molar-refractivity contribution in [3.8, 4) is 0 Å². The summed E-state index contributed by atoms with van der Waals surface area (Å²) in [5, 5.41) is 3.18. The molecule has 0 bridgehead atoms. The molecule has 1 aromatic carbocycles. The van der Waals surface area contributed by atoms with Gasteiger partial charge in [-0.1, -0.05) is 28.1 Å². The fourth-order valence-electron chi connectivity index (χ4n) is 1.94. The van der Waals surface area contributed by atoms with Crippen LogP contribution in [0.4, 0.5) is 4.39 Å². The maximum absolute atomic E-state index is 13.5. The van der Waals surface area contributed by atoms with Crippen molar-refractivity contribution in [2.24, 2.45) is 0 Å². The SMILES string of the molecule is O=C(c1ccccc1F)C1(Br)CCNCC1. The number of Topliss-reactive ketones (excluding diaryl/α,β-unsaturated/α-hetero) is 1. The Bertz CT molecular complexity index is 402. The minimum atomic E-state index is -0.597. The molecule has 1 heterocycles. The highest BCUT2D eigenvalue weighted by molar-refractivity contribution is 9.10. The minimum Gasteiger partial charge on any atom is -0.317 e. The van der Waals surface area contributed by atoms with Crippen LogP contribution in [0.5, 0.6) is 0 Å². The van der Waals surface area contributed by atoms with E-state index in [9.17, 15) is 9.18 Å². The van der Waals surface area contributed by atoms with Gasteiger partial charge in [0.05, 0.1) is 9.89 Å². The second-order valence-electron chi connectivity index (χ2n) is 4.02. The highest BCUT2D eigenvalue weighted by atomic mass is 79.9. The van der Waals surface area contributed by atoms with E-state index in [-0.39, 0.29) is 11.3 Å². The van der Waals surface area contributed by atoms with Crippen LogP contribution in [0.15, 0.2) is 24.3 Å². The molecule has 86 valence electrons. The molecule has 0 aliphatic carbocycles. The Balaban J connectivity index is 2.28. The predicted molar refractivity (Wildman–Crippen MR) is 64.5 cm³/mol. The average Bonchev–Trinajstić information content (AvgIpc) is 2.30. The van der Waals surface area contributed by atoms with Crippen LogP contribution in [0.25, 0.3) is 0 Å². The first-order valence-corrected chi connectivity index (χ1v) is 6.12. The van der Waals surface area contributed by atoms with Crippen LogP contribution in [-0.4, -0.2) is 23.2 Å². The van der Waals surface area contributed by atoms with Gasteiger partial charge < -0.3 is 5.32 Å². The Kier molecular flexibility index (Phi) is 3.40. The van der Waals surface area contributed by atoms with E-state index in [1.807, 2.05) is 0 Å². The summed E-state index contributed by atoms with van der Waals surface area (Å²) in [6.45, 7) is 1.57. The Morgan fingerprint density at radius 1 is 1.31 bits per heavy atom. The lowest BCUT2D eigenvalue weighted by Crippen LogP contribution is -2.43. The van der Waals surface area contributed by atoms with Gasteiger partial charge in [-0.3, -0.25) is 4.79 Å². The summed E-state index contributed by atoms with van der Waals surface area (Å²) in [6.07, 6.45) is 1.39. The van der Waals surface area contributed by atoms with Gasteiger partial charge in [-0.25, -0.2) is 4.39 Å². The van der Waals surface area contributed by atoms with Crippen molar-refractivity contribution in [2.75, 3.05) is 13.1 Å². The summed E-state index contributed by atoms with van der Waals surface area (Å²) >= 11 is 3.48. The summed E-state index contributed by atoms with van der Waals surface area (Å²) in [5.41, 5.74) is 0.182. The van der Waals surface area contributed by atoms with Gasteiger partial charge in [0.15, 0.2) is 5.78 Å². The molecule has 16 heavy (non-hydrogen) atoms. The second-order valence-corrected chi connectivity index (χ2v) is 5.54. The fourth-order valence-corrected chi connectivity index (χ4v) is 2.55.